The minimum absolute atomic E-state index is 0.0524. The zero-order chi connectivity index (χ0) is 14.0. The smallest absolute Gasteiger partial charge is 0.363 e. The maximum Gasteiger partial charge on any atom is 0.363 e. The number of imide groups is 1. The summed E-state index contributed by atoms with van der Waals surface area (Å²) in [5.74, 6) is -1.46. The number of rotatable bonds is 3. The quantitative estimate of drug-likeness (QED) is 0.630. The molecule has 0 saturated carbocycles. The Bertz CT molecular complexity index is 539. The molecule has 7 nitrogen and oxygen atoms in total. The van der Waals surface area contributed by atoms with Gasteiger partial charge in [-0.1, -0.05) is 0 Å². The molecule has 1 fully saturated rings. The predicted molar refractivity (Wildman–Crippen MR) is 63.9 cm³/mol. The molecule has 0 aliphatic carbocycles. The van der Waals surface area contributed by atoms with Gasteiger partial charge in [0.05, 0.1) is 18.4 Å². The molecule has 0 aromatic heterocycles. The molecule has 0 radical (unpaired) electrons. The molecule has 0 atom stereocenters. The maximum absolute atomic E-state index is 11.8. The zero-order valence-electron chi connectivity index (χ0n) is 10.2. The summed E-state index contributed by atoms with van der Waals surface area (Å²) in [7, 11) is 1.45. The van der Waals surface area contributed by atoms with Crippen LogP contribution in [-0.4, -0.2) is 30.0 Å². The van der Waals surface area contributed by atoms with Crippen molar-refractivity contribution < 1.29 is 24.0 Å². The average molecular weight is 264 g/mol. The highest BCUT2D eigenvalue weighted by Gasteiger charge is 2.33. The largest absolute Gasteiger partial charge is 0.495 e. The first-order valence-electron chi connectivity index (χ1n) is 5.54. The molecule has 0 unspecified atom stereocenters. The van der Waals surface area contributed by atoms with Crippen molar-refractivity contribution in [2.24, 2.45) is 0 Å². The number of nitrogen functional groups attached to an aromatic ring is 1. The topological polar surface area (TPSA) is 98.9 Å². The third-order valence-electron chi connectivity index (χ3n) is 2.65. The van der Waals surface area contributed by atoms with E-state index in [9.17, 15) is 14.4 Å². The first-order chi connectivity index (χ1) is 9.02. The lowest BCUT2D eigenvalue weighted by Crippen LogP contribution is -2.32. The number of methoxy groups -OCH3 is 1. The Kier molecular flexibility index (Phi) is 3.37. The molecule has 19 heavy (non-hydrogen) atoms. The monoisotopic (exact) mass is 264 g/mol. The van der Waals surface area contributed by atoms with Gasteiger partial charge in [0.1, 0.15) is 5.75 Å². The van der Waals surface area contributed by atoms with Crippen molar-refractivity contribution in [2.75, 3.05) is 12.8 Å². The Morgan fingerprint density at radius 1 is 1.26 bits per heavy atom. The van der Waals surface area contributed by atoms with E-state index >= 15 is 0 Å². The highest BCUT2D eigenvalue weighted by atomic mass is 16.7. The third-order valence-corrected chi connectivity index (χ3v) is 2.65. The Balaban J connectivity index is 2.14. The van der Waals surface area contributed by atoms with Crippen molar-refractivity contribution >= 4 is 23.5 Å². The molecular weight excluding hydrogens is 252 g/mol. The summed E-state index contributed by atoms with van der Waals surface area (Å²) in [6.07, 6.45) is 0.105. The van der Waals surface area contributed by atoms with E-state index in [2.05, 4.69) is 0 Å². The van der Waals surface area contributed by atoms with Crippen LogP contribution in [0.25, 0.3) is 0 Å². The fourth-order valence-corrected chi connectivity index (χ4v) is 1.65. The molecular formula is C12H12N2O5. The van der Waals surface area contributed by atoms with E-state index < -0.39 is 17.8 Å². The predicted octanol–water partition coefficient (Wildman–Crippen LogP) is 0.498. The summed E-state index contributed by atoms with van der Waals surface area (Å²) in [4.78, 5) is 39.1. The molecule has 1 aliphatic heterocycles. The molecule has 2 rings (SSSR count). The molecule has 2 amide bonds. The standard InChI is InChI=1S/C12H12N2O5/c1-18-9-3-2-7(6-8(9)13)12(17)19-14-10(15)4-5-11(14)16/h2-3,6H,4-5,13H2,1H3. The van der Waals surface area contributed by atoms with Crippen LogP contribution in [0.15, 0.2) is 18.2 Å². The number of amides is 2. The number of hydroxylamine groups is 2. The van der Waals surface area contributed by atoms with Gasteiger partial charge in [-0.2, -0.15) is 0 Å². The number of hydrogen-bond acceptors (Lipinski definition) is 6. The second-order valence-corrected chi connectivity index (χ2v) is 3.92. The average Bonchev–Trinajstić information content (AvgIpc) is 2.70. The first-order valence-corrected chi connectivity index (χ1v) is 5.54. The summed E-state index contributed by atoms with van der Waals surface area (Å²) in [5, 5.41) is 0.489. The van der Waals surface area contributed by atoms with Gasteiger partial charge in [-0.05, 0) is 18.2 Å². The van der Waals surface area contributed by atoms with Gasteiger partial charge in [0.25, 0.3) is 11.8 Å². The lowest BCUT2D eigenvalue weighted by molar-refractivity contribution is -0.172. The van der Waals surface area contributed by atoms with Crippen molar-refractivity contribution in [1.29, 1.82) is 0 Å². The Labute approximate surface area is 108 Å². The first kappa shape index (κ1) is 12.9. The molecule has 0 spiro atoms. The van der Waals surface area contributed by atoms with Gasteiger partial charge in [0.2, 0.25) is 0 Å². The number of anilines is 1. The number of hydrogen-bond donors (Lipinski definition) is 1. The van der Waals surface area contributed by atoms with Crippen molar-refractivity contribution in [1.82, 2.24) is 5.06 Å². The Hall–Kier alpha value is -2.57. The van der Waals surface area contributed by atoms with E-state index in [1.165, 1.54) is 25.3 Å². The van der Waals surface area contributed by atoms with Crippen LogP contribution in [0.2, 0.25) is 0 Å². The normalized spacial score (nSPS) is 14.7. The van der Waals surface area contributed by atoms with Gasteiger partial charge in [0.15, 0.2) is 0 Å². The van der Waals surface area contributed by atoms with Crippen molar-refractivity contribution in [3.8, 4) is 5.75 Å². The fraction of sp³-hybridized carbons (Fsp3) is 0.250. The summed E-state index contributed by atoms with van der Waals surface area (Å²) in [5.41, 5.74) is 6.04. The van der Waals surface area contributed by atoms with Gasteiger partial charge < -0.3 is 15.3 Å². The maximum atomic E-state index is 11.8. The lowest BCUT2D eigenvalue weighted by Gasteiger charge is -2.13. The molecule has 100 valence electrons. The van der Waals surface area contributed by atoms with Crippen LogP contribution in [0.1, 0.15) is 23.2 Å². The fourth-order valence-electron chi connectivity index (χ4n) is 1.65. The molecule has 1 heterocycles. The molecule has 2 N–H and O–H groups in total. The third kappa shape index (κ3) is 2.49. The van der Waals surface area contributed by atoms with Crippen molar-refractivity contribution in [3.63, 3.8) is 0 Å². The van der Waals surface area contributed by atoms with E-state index in [-0.39, 0.29) is 24.1 Å². The summed E-state index contributed by atoms with van der Waals surface area (Å²) >= 11 is 0. The second-order valence-electron chi connectivity index (χ2n) is 3.92. The summed E-state index contributed by atoms with van der Waals surface area (Å²) < 4.78 is 4.95. The minimum Gasteiger partial charge on any atom is -0.495 e. The number of nitrogens with zero attached hydrogens (tertiary/aromatic N) is 1. The zero-order valence-corrected chi connectivity index (χ0v) is 10.2. The second kappa shape index (κ2) is 4.97. The van der Waals surface area contributed by atoms with Gasteiger partial charge in [-0.3, -0.25) is 9.59 Å². The van der Waals surface area contributed by atoms with Crippen molar-refractivity contribution in [3.05, 3.63) is 23.8 Å². The molecule has 0 bridgehead atoms. The number of benzene rings is 1. The van der Waals surface area contributed by atoms with Gasteiger partial charge in [-0.25, -0.2) is 4.79 Å². The van der Waals surface area contributed by atoms with Gasteiger partial charge in [0, 0.05) is 12.8 Å². The van der Waals surface area contributed by atoms with Crippen LogP contribution in [0.3, 0.4) is 0 Å². The van der Waals surface area contributed by atoms with Crippen LogP contribution in [0.4, 0.5) is 5.69 Å². The molecule has 7 heteroatoms. The highest BCUT2D eigenvalue weighted by Crippen LogP contribution is 2.23. The van der Waals surface area contributed by atoms with E-state index in [0.29, 0.717) is 10.8 Å². The molecule has 1 saturated heterocycles. The van der Waals surface area contributed by atoms with E-state index in [1.807, 2.05) is 0 Å². The molecule has 1 aromatic rings. The van der Waals surface area contributed by atoms with Crippen molar-refractivity contribution in [2.45, 2.75) is 12.8 Å². The Morgan fingerprint density at radius 2 is 1.89 bits per heavy atom. The van der Waals surface area contributed by atoms with E-state index in [1.54, 1.807) is 0 Å². The summed E-state index contributed by atoms with van der Waals surface area (Å²) in [6, 6.07) is 4.29. The van der Waals surface area contributed by atoms with Crippen LogP contribution < -0.4 is 10.5 Å². The lowest BCUT2D eigenvalue weighted by atomic mass is 10.2. The number of carbonyl (C=O) groups excluding carboxylic acids is 3. The van der Waals surface area contributed by atoms with Crippen LogP contribution >= 0.6 is 0 Å². The van der Waals surface area contributed by atoms with Crippen LogP contribution in [0.5, 0.6) is 5.75 Å². The number of ether oxygens (including phenoxy) is 1. The minimum atomic E-state index is -0.821. The summed E-state index contributed by atoms with van der Waals surface area (Å²) in [6.45, 7) is 0. The Morgan fingerprint density at radius 3 is 2.42 bits per heavy atom. The van der Waals surface area contributed by atoms with E-state index in [0.717, 1.165) is 0 Å². The van der Waals surface area contributed by atoms with E-state index in [4.69, 9.17) is 15.3 Å². The molecule has 1 aliphatic rings. The number of nitrogens with two attached hydrogens (primary N) is 1. The van der Waals surface area contributed by atoms with Gasteiger partial charge >= 0.3 is 5.97 Å². The number of carbonyl (C=O) groups is 3. The van der Waals surface area contributed by atoms with Crippen LogP contribution in [-0.2, 0) is 14.4 Å². The highest BCUT2D eigenvalue weighted by molar-refractivity contribution is 6.02. The SMILES string of the molecule is COc1ccc(C(=O)ON2C(=O)CCC2=O)cc1N. The van der Waals surface area contributed by atoms with Crippen LogP contribution in [0, 0.1) is 0 Å². The molecule has 1 aromatic carbocycles. The van der Waals surface area contributed by atoms with Gasteiger partial charge in [-0.15, -0.1) is 5.06 Å².